The molecular weight excluding hydrogens is 562 g/mol. The summed E-state index contributed by atoms with van der Waals surface area (Å²) in [6.45, 7) is 18.7. The fraction of sp³-hybridized carbons (Fsp3) is 0.432. The fourth-order valence-corrected chi connectivity index (χ4v) is 5.45. The van der Waals surface area contributed by atoms with Crippen LogP contribution in [-0.4, -0.2) is 22.3 Å². The molecule has 3 aromatic rings. The molecule has 0 radical (unpaired) electrons. The Morgan fingerprint density at radius 3 is 2.09 bits per heavy atom. The Morgan fingerprint density at radius 1 is 0.955 bits per heavy atom. The molecule has 0 saturated carbocycles. The van der Waals surface area contributed by atoms with E-state index in [1.807, 2.05) is 31.4 Å². The smallest absolute Gasteiger partial charge is 0.239 e. The second-order valence-corrected chi connectivity index (χ2v) is 11.1. The summed E-state index contributed by atoms with van der Waals surface area (Å²) < 4.78 is 60.8. The van der Waals surface area contributed by atoms with Gasteiger partial charge in [0.15, 0.2) is 24.2 Å². The number of hydrogen-bond donors (Lipinski definition) is 0. The summed E-state index contributed by atoms with van der Waals surface area (Å²) in [5.74, 6) is -2.89. The molecule has 1 aliphatic rings. The normalized spacial score (nSPS) is 16.0. The van der Waals surface area contributed by atoms with Crippen LogP contribution in [0.4, 0.5) is 17.6 Å². The lowest BCUT2D eigenvalue weighted by Crippen LogP contribution is -2.40. The highest BCUT2D eigenvalue weighted by atomic mass is 19.1. The molecule has 0 N–H and O–H groups in total. The van der Waals surface area contributed by atoms with E-state index in [-0.39, 0.29) is 23.2 Å². The third-order valence-corrected chi connectivity index (χ3v) is 7.87. The third kappa shape index (κ3) is 9.20. The molecule has 7 heteroatoms. The predicted octanol–water partition coefficient (Wildman–Crippen LogP) is 10.5. The summed E-state index contributed by atoms with van der Waals surface area (Å²) in [5.41, 5.74) is 4.34. The van der Waals surface area contributed by atoms with Gasteiger partial charge in [-0.1, -0.05) is 54.0 Å². The molecule has 2 atom stereocenters. The van der Waals surface area contributed by atoms with Crippen LogP contribution in [0.25, 0.3) is 22.5 Å². The lowest BCUT2D eigenvalue weighted by Gasteiger charge is -2.16. The Hall–Kier alpha value is -3.61. The van der Waals surface area contributed by atoms with Crippen molar-refractivity contribution in [3.8, 4) is 22.5 Å². The molecule has 3 nitrogen and oxygen atoms in total. The number of hydrogen-bond acceptors (Lipinski definition) is 1. The molecule has 2 unspecified atom stereocenters. The van der Waals surface area contributed by atoms with Crippen LogP contribution in [-0.2, 0) is 0 Å². The second kappa shape index (κ2) is 17.6. The van der Waals surface area contributed by atoms with Gasteiger partial charge in [-0.2, -0.15) is 4.57 Å². The fourth-order valence-electron chi connectivity index (χ4n) is 5.45. The first-order valence-electron chi connectivity index (χ1n) is 15.7. The van der Waals surface area contributed by atoms with Crippen molar-refractivity contribution in [2.24, 2.45) is 0 Å². The van der Waals surface area contributed by atoms with Gasteiger partial charge in [0.25, 0.3) is 0 Å². The standard InChI is InChI=1S/C22H19F4N2.C11H20N.C4H10/c1-3-13-6-12(2)28-5-4-27-21(14-7-15(23)9-16(24)8-14)22(28)18-10-17(25)11-19(26)20(13)18;1-6-9-12(5)11(8-3)10(4)7-2;1-3-4-2/h4-5,7-13H,3,6H2,1-2H3;6,9H,4,7-8H2,1-3,5H3;3-4H2,1-2H3/q2*+1;/b;9-6-,12-11?;. The topological polar surface area (TPSA) is 19.8 Å². The van der Waals surface area contributed by atoms with Crippen LogP contribution in [0, 0.1) is 23.3 Å². The van der Waals surface area contributed by atoms with E-state index in [0.717, 1.165) is 25.0 Å². The van der Waals surface area contributed by atoms with Crippen molar-refractivity contribution in [2.75, 3.05) is 7.05 Å². The first-order chi connectivity index (χ1) is 21.0. The molecule has 0 aliphatic carbocycles. The van der Waals surface area contributed by atoms with Crippen LogP contribution in [0.15, 0.2) is 67.2 Å². The summed E-state index contributed by atoms with van der Waals surface area (Å²) in [6, 6.07) is 5.27. The van der Waals surface area contributed by atoms with E-state index < -0.39 is 23.3 Å². The van der Waals surface area contributed by atoms with Gasteiger partial charge in [0.05, 0.1) is 11.8 Å². The third-order valence-electron chi connectivity index (χ3n) is 7.87. The Bertz CT molecular complexity index is 1450. The lowest BCUT2D eigenvalue weighted by molar-refractivity contribution is -0.709. The van der Waals surface area contributed by atoms with Crippen LogP contribution in [0.2, 0.25) is 0 Å². The molecule has 0 fully saturated rings. The Morgan fingerprint density at radius 2 is 1.57 bits per heavy atom. The van der Waals surface area contributed by atoms with Crippen LogP contribution in [0.5, 0.6) is 0 Å². The molecule has 1 aromatic heterocycles. The van der Waals surface area contributed by atoms with Crippen molar-refractivity contribution in [1.29, 1.82) is 0 Å². The highest BCUT2D eigenvalue weighted by Crippen LogP contribution is 2.42. The van der Waals surface area contributed by atoms with Crippen LogP contribution < -0.4 is 4.57 Å². The van der Waals surface area contributed by atoms with Gasteiger partial charge in [0.2, 0.25) is 5.69 Å². The minimum absolute atomic E-state index is 0.0324. The number of nitrogens with zero attached hydrogens (tertiary/aromatic N) is 3. The average molecular weight is 612 g/mol. The van der Waals surface area contributed by atoms with Gasteiger partial charge in [-0.05, 0) is 56.9 Å². The maximum absolute atomic E-state index is 14.8. The molecule has 0 amide bonds. The molecule has 238 valence electrons. The monoisotopic (exact) mass is 611 g/mol. The van der Waals surface area contributed by atoms with Crippen molar-refractivity contribution in [3.63, 3.8) is 0 Å². The first-order valence-corrected chi connectivity index (χ1v) is 15.7. The summed E-state index contributed by atoms with van der Waals surface area (Å²) in [7, 11) is 2.07. The maximum atomic E-state index is 14.8. The van der Waals surface area contributed by atoms with E-state index in [4.69, 9.17) is 0 Å². The zero-order chi connectivity index (χ0) is 33.0. The van der Waals surface area contributed by atoms with E-state index in [9.17, 15) is 17.6 Å². The number of rotatable bonds is 7. The Balaban J connectivity index is 0.000000353. The number of unbranched alkanes of at least 4 members (excludes halogenated alkanes) is 1. The van der Waals surface area contributed by atoms with E-state index in [1.165, 1.54) is 42.3 Å². The van der Waals surface area contributed by atoms with Gasteiger partial charge in [0, 0.05) is 41.7 Å². The van der Waals surface area contributed by atoms with Crippen LogP contribution in [0.3, 0.4) is 0 Å². The van der Waals surface area contributed by atoms with Crippen molar-refractivity contribution >= 4 is 5.71 Å². The van der Waals surface area contributed by atoms with Gasteiger partial charge in [-0.25, -0.2) is 27.1 Å². The average Bonchev–Trinajstić information content (AvgIpc) is 3.11. The van der Waals surface area contributed by atoms with E-state index >= 15 is 0 Å². The lowest BCUT2D eigenvalue weighted by atomic mass is 9.87. The maximum Gasteiger partial charge on any atom is 0.239 e. The number of halogens is 4. The summed E-state index contributed by atoms with van der Waals surface area (Å²) in [6.07, 6.45) is 13.5. The van der Waals surface area contributed by atoms with Crippen molar-refractivity contribution in [1.82, 2.24) is 4.98 Å². The molecule has 2 aromatic carbocycles. The minimum Gasteiger partial charge on any atom is -0.243 e. The van der Waals surface area contributed by atoms with Gasteiger partial charge < -0.3 is 0 Å². The van der Waals surface area contributed by atoms with Gasteiger partial charge >= 0.3 is 0 Å². The molecule has 0 spiro atoms. The highest BCUT2D eigenvalue weighted by Gasteiger charge is 2.36. The highest BCUT2D eigenvalue weighted by molar-refractivity contribution is 5.95. The SMILES string of the molecule is C=C(CC)C(CC)=[N+](C)/C=C\C.CCC1CC(C)[n+]2ccnc(-c3cc(F)cc(F)c3)c2-c2cc(F)cc(F)c21.CCCC. The van der Waals surface area contributed by atoms with Crippen molar-refractivity contribution < 1.29 is 26.7 Å². The molecule has 0 bridgehead atoms. The van der Waals surface area contributed by atoms with Gasteiger partial charge in [0.1, 0.15) is 36.0 Å². The largest absolute Gasteiger partial charge is 0.243 e. The first kappa shape index (κ1) is 36.6. The molecule has 4 rings (SSSR count). The molecule has 2 heterocycles. The van der Waals surface area contributed by atoms with Crippen LogP contribution >= 0.6 is 0 Å². The number of benzene rings is 2. The second-order valence-electron chi connectivity index (χ2n) is 11.1. The number of fused-ring (bicyclic) bond motifs is 3. The minimum atomic E-state index is -0.738. The van der Waals surface area contributed by atoms with Gasteiger partial charge in [-0.15, -0.1) is 0 Å². The summed E-state index contributed by atoms with van der Waals surface area (Å²) >= 11 is 0. The Labute approximate surface area is 261 Å². The predicted molar refractivity (Wildman–Crippen MR) is 174 cm³/mol. The van der Waals surface area contributed by atoms with Gasteiger partial charge in [-0.3, -0.25) is 0 Å². The van der Waals surface area contributed by atoms with E-state index in [0.29, 0.717) is 29.7 Å². The molecule has 44 heavy (non-hydrogen) atoms. The zero-order valence-electron chi connectivity index (χ0n) is 27.7. The number of aromatic nitrogens is 2. The number of allylic oxidation sites excluding steroid dienone is 2. The quantitative estimate of drug-likeness (QED) is 0.148. The molecule has 0 saturated heterocycles. The van der Waals surface area contributed by atoms with Crippen molar-refractivity contribution in [2.45, 2.75) is 99.0 Å². The van der Waals surface area contributed by atoms with E-state index in [1.54, 1.807) is 12.4 Å². The Kier molecular flexibility index (Phi) is 14.7. The molecule has 1 aliphatic heterocycles. The van der Waals surface area contributed by atoms with Crippen LogP contribution in [0.1, 0.15) is 105 Å². The zero-order valence-corrected chi connectivity index (χ0v) is 27.7. The summed E-state index contributed by atoms with van der Waals surface area (Å²) in [4.78, 5) is 4.33. The summed E-state index contributed by atoms with van der Waals surface area (Å²) in [5, 5.41) is 0. The van der Waals surface area contributed by atoms with E-state index in [2.05, 4.69) is 57.1 Å². The van der Waals surface area contributed by atoms with Crippen molar-refractivity contribution in [3.05, 3.63) is 96.0 Å². The molecular formula is C37H49F4N3+2.